The van der Waals surface area contributed by atoms with Crippen LogP contribution in [0.2, 0.25) is 0 Å². The van der Waals surface area contributed by atoms with Crippen LogP contribution < -0.4 is 9.47 Å². The van der Waals surface area contributed by atoms with Crippen molar-refractivity contribution in [2.24, 2.45) is 0 Å². The van der Waals surface area contributed by atoms with Crippen LogP contribution >= 0.6 is 27.3 Å². The first kappa shape index (κ1) is 13.4. The van der Waals surface area contributed by atoms with Crippen LogP contribution in [0.4, 0.5) is 0 Å². The Labute approximate surface area is 129 Å². The zero-order valence-electron chi connectivity index (χ0n) is 10.8. The van der Waals surface area contributed by atoms with Gasteiger partial charge < -0.3 is 9.47 Å². The molecule has 0 saturated heterocycles. The quantitative estimate of drug-likeness (QED) is 0.687. The summed E-state index contributed by atoms with van der Waals surface area (Å²) in [4.78, 5) is 4.32. The number of ether oxygens (including phenoxy) is 2. The van der Waals surface area contributed by atoms with Gasteiger partial charge in [-0.2, -0.15) is 0 Å². The lowest BCUT2D eigenvalue weighted by molar-refractivity contribution is 0.310. The molecule has 0 radical (unpaired) electrons. The first-order chi connectivity index (χ1) is 9.76. The van der Waals surface area contributed by atoms with Crippen LogP contribution in [0.25, 0.3) is 10.2 Å². The fourth-order valence-corrected chi connectivity index (χ4v) is 3.39. The molecule has 0 unspecified atom stereocenters. The van der Waals surface area contributed by atoms with Crippen molar-refractivity contribution >= 4 is 37.5 Å². The zero-order chi connectivity index (χ0) is 13.9. The Balaban J connectivity index is 1.79. The third-order valence-corrected chi connectivity index (χ3v) is 4.54. The van der Waals surface area contributed by atoms with Crippen LogP contribution in [0, 0.1) is 0 Å². The van der Waals surface area contributed by atoms with Gasteiger partial charge >= 0.3 is 0 Å². The number of rotatable bonds is 4. The van der Waals surface area contributed by atoms with E-state index in [1.54, 1.807) is 24.6 Å². The Bertz CT molecular complexity index is 724. The van der Waals surface area contributed by atoms with E-state index >= 15 is 0 Å². The second kappa shape index (κ2) is 5.81. The summed E-state index contributed by atoms with van der Waals surface area (Å²) in [5, 5.41) is 0. The summed E-state index contributed by atoms with van der Waals surface area (Å²) >= 11 is 5.11. The summed E-state index contributed by atoms with van der Waals surface area (Å²) in [6.07, 6.45) is 1.77. The number of methoxy groups -OCH3 is 1. The lowest BCUT2D eigenvalue weighted by atomic mass is 10.2. The number of thiophene rings is 1. The van der Waals surface area contributed by atoms with E-state index in [4.69, 9.17) is 9.47 Å². The van der Waals surface area contributed by atoms with Crippen LogP contribution in [0.3, 0.4) is 0 Å². The lowest BCUT2D eigenvalue weighted by Gasteiger charge is -2.07. The number of fused-ring (bicyclic) bond motifs is 1. The molecular formula is C15H12BrNO2S. The maximum atomic E-state index is 5.90. The van der Waals surface area contributed by atoms with Gasteiger partial charge in [-0.1, -0.05) is 12.1 Å². The van der Waals surface area contributed by atoms with Crippen LogP contribution in [0.1, 0.15) is 5.56 Å². The Kier molecular flexibility index (Phi) is 3.89. The molecule has 0 saturated carbocycles. The second-order valence-electron chi connectivity index (χ2n) is 4.21. The van der Waals surface area contributed by atoms with E-state index in [-0.39, 0.29) is 0 Å². The molecule has 2 heterocycles. The van der Waals surface area contributed by atoms with Gasteiger partial charge in [0.2, 0.25) is 0 Å². The van der Waals surface area contributed by atoms with E-state index < -0.39 is 0 Å². The maximum Gasteiger partial charge on any atom is 0.140 e. The van der Waals surface area contributed by atoms with Crippen LogP contribution in [0.5, 0.6) is 11.5 Å². The topological polar surface area (TPSA) is 31.4 Å². The summed E-state index contributed by atoms with van der Waals surface area (Å²) in [7, 11) is 1.66. The van der Waals surface area contributed by atoms with Gasteiger partial charge in [-0.3, -0.25) is 4.98 Å². The van der Waals surface area contributed by atoms with Gasteiger partial charge in [-0.25, -0.2) is 0 Å². The highest BCUT2D eigenvalue weighted by Crippen LogP contribution is 2.35. The minimum atomic E-state index is 0.526. The molecule has 1 aromatic carbocycles. The van der Waals surface area contributed by atoms with Crippen molar-refractivity contribution in [2.45, 2.75) is 6.61 Å². The number of hydrogen-bond donors (Lipinski definition) is 0. The molecule has 0 atom stereocenters. The van der Waals surface area contributed by atoms with Gasteiger partial charge in [0.1, 0.15) is 18.1 Å². The van der Waals surface area contributed by atoms with Crippen molar-refractivity contribution in [1.29, 1.82) is 0 Å². The molecule has 0 bridgehead atoms. The maximum absolute atomic E-state index is 5.90. The van der Waals surface area contributed by atoms with E-state index in [2.05, 4.69) is 20.9 Å². The molecule has 102 valence electrons. The van der Waals surface area contributed by atoms with E-state index in [1.165, 1.54) is 0 Å². The third kappa shape index (κ3) is 2.78. The molecule has 5 heteroatoms. The molecule has 20 heavy (non-hydrogen) atoms. The summed E-state index contributed by atoms with van der Waals surface area (Å²) in [5.41, 5.74) is 2.06. The molecule has 3 nitrogen and oxygen atoms in total. The molecule has 0 aliphatic rings. The van der Waals surface area contributed by atoms with Crippen molar-refractivity contribution in [1.82, 2.24) is 4.98 Å². The van der Waals surface area contributed by atoms with E-state index in [9.17, 15) is 0 Å². The van der Waals surface area contributed by atoms with Crippen LogP contribution in [0.15, 0.2) is 46.4 Å². The summed E-state index contributed by atoms with van der Waals surface area (Å²) < 4.78 is 13.2. The number of benzene rings is 1. The lowest BCUT2D eigenvalue weighted by Crippen LogP contribution is -1.95. The number of halogens is 1. The molecule has 0 fully saturated rings. The summed E-state index contributed by atoms with van der Waals surface area (Å²) in [6.45, 7) is 0.526. The number of nitrogens with zero attached hydrogens (tertiary/aromatic N) is 1. The first-order valence-corrected chi connectivity index (χ1v) is 7.67. The van der Waals surface area contributed by atoms with Gasteiger partial charge in [0.25, 0.3) is 0 Å². The smallest absolute Gasteiger partial charge is 0.140 e. The molecular weight excluding hydrogens is 338 g/mol. The minimum absolute atomic E-state index is 0.526. The van der Waals surface area contributed by atoms with Crippen molar-refractivity contribution in [2.75, 3.05) is 7.11 Å². The Morgan fingerprint density at radius 3 is 2.75 bits per heavy atom. The van der Waals surface area contributed by atoms with Gasteiger partial charge in [0.05, 0.1) is 21.1 Å². The highest BCUT2D eigenvalue weighted by Gasteiger charge is 2.07. The van der Waals surface area contributed by atoms with Gasteiger partial charge in [0, 0.05) is 6.20 Å². The number of hydrogen-bond acceptors (Lipinski definition) is 4. The highest BCUT2D eigenvalue weighted by molar-refractivity contribution is 9.11. The van der Waals surface area contributed by atoms with Crippen LogP contribution in [-0.4, -0.2) is 12.1 Å². The Morgan fingerprint density at radius 1 is 1.20 bits per heavy atom. The zero-order valence-corrected chi connectivity index (χ0v) is 13.2. The predicted octanol–water partition coefficient (Wildman–Crippen LogP) is 4.65. The van der Waals surface area contributed by atoms with Gasteiger partial charge in [-0.05, 0) is 45.8 Å². The summed E-state index contributed by atoms with van der Waals surface area (Å²) in [6, 6.07) is 11.8. The van der Waals surface area contributed by atoms with Gasteiger partial charge in [0.15, 0.2) is 0 Å². The van der Waals surface area contributed by atoms with E-state index in [1.807, 2.05) is 36.4 Å². The van der Waals surface area contributed by atoms with Crippen molar-refractivity contribution < 1.29 is 9.47 Å². The second-order valence-corrected chi connectivity index (χ2v) is 6.64. The fraction of sp³-hybridized carbons (Fsp3) is 0.133. The molecule has 0 aliphatic carbocycles. The molecule has 0 spiro atoms. The summed E-state index contributed by atoms with van der Waals surface area (Å²) in [5.74, 6) is 1.71. The monoisotopic (exact) mass is 349 g/mol. The van der Waals surface area contributed by atoms with Gasteiger partial charge in [-0.15, -0.1) is 11.3 Å². The molecule has 0 aliphatic heterocycles. The number of aromatic nitrogens is 1. The molecule has 2 aromatic heterocycles. The largest absolute Gasteiger partial charge is 0.497 e. The first-order valence-electron chi connectivity index (χ1n) is 6.06. The van der Waals surface area contributed by atoms with Crippen molar-refractivity contribution in [3.8, 4) is 11.5 Å². The Hall–Kier alpha value is -1.59. The van der Waals surface area contributed by atoms with Crippen molar-refractivity contribution in [3.63, 3.8) is 0 Å². The minimum Gasteiger partial charge on any atom is -0.497 e. The highest BCUT2D eigenvalue weighted by atomic mass is 79.9. The normalized spacial score (nSPS) is 10.7. The predicted molar refractivity (Wildman–Crippen MR) is 84.6 cm³/mol. The molecule has 0 amide bonds. The van der Waals surface area contributed by atoms with E-state index in [0.717, 1.165) is 31.1 Å². The van der Waals surface area contributed by atoms with Crippen molar-refractivity contribution in [3.05, 3.63) is 51.9 Å². The SMILES string of the molecule is COc1ccc(COc2ccnc3cc(Br)sc23)cc1. The molecule has 3 rings (SSSR count). The van der Waals surface area contributed by atoms with Crippen LogP contribution in [-0.2, 0) is 6.61 Å². The Morgan fingerprint density at radius 2 is 2.00 bits per heavy atom. The standard InChI is InChI=1S/C15H12BrNO2S/c1-18-11-4-2-10(3-5-11)9-19-13-6-7-17-12-8-14(16)20-15(12)13/h2-8H,9H2,1H3. The molecule has 0 N–H and O–H groups in total. The third-order valence-electron chi connectivity index (χ3n) is 2.90. The number of pyridine rings is 1. The average Bonchev–Trinajstić information content (AvgIpc) is 2.86. The average molecular weight is 350 g/mol. The van der Waals surface area contributed by atoms with E-state index in [0.29, 0.717) is 6.61 Å². The molecule has 3 aromatic rings. The fourth-order valence-electron chi connectivity index (χ4n) is 1.88.